The quantitative estimate of drug-likeness (QED) is 0.672. The second-order valence-electron chi connectivity index (χ2n) is 8.84. The van der Waals surface area contributed by atoms with Crippen molar-refractivity contribution in [1.29, 1.82) is 0 Å². The molecule has 1 amide bonds. The Bertz CT molecular complexity index is 1050. The fourth-order valence-electron chi connectivity index (χ4n) is 3.87. The van der Waals surface area contributed by atoms with Crippen LogP contribution in [0.2, 0.25) is 0 Å². The third-order valence-corrected chi connectivity index (χ3v) is 7.33. The summed E-state index contributed by atoms with van der Waals surface area (Å²) in [7, 11) is -3.43. The fraction of sp³-hybridized carbons (Fsp3) is 0.458. The highest BCUT2D eigenvalue weighted by Crippen LogP contribution is 2.29. The van der Waals surface area contributed by atoms with Crippen LogP contribution in [-0.2, 0) is 14.8 Å². The predicted octanol–water partition coefficient (Wildman–Crippen LogP) is 4.32. The van der Waals surface area contributed by atoms with Crippen molar-refractivity contribution in [3.8, 4) is 0 Å². The first-order chi connectivity index (χ1) is 15.0. The van der Waals surface area contributed by atoms with Gasteiger partial charge in [-0.25, -0.2) is 8.42 Å². The van der Waals surface area contributed by atoms with Crippen molar-refractivity contribution >= 4 is 33.0 Å². The van der Waals surface area contributed by atoms with Crippen LogP contribution < -0.4 is 14.9 Å². The largest absolute Gasteiger partial charge is 0.372 e. The van der Waals surface area contributed by atoms with Gasteiger partial charge in [0.15, 0.2) is 0 Å². The van der Waals surface area contributed by atoms with Crippen molar-refractivity contribution in [2.75, 3.05) is 28.0 Å². The lowest BCUT2D eigenvalue weighted by atomic mass is 10.0. The van der Waals surface area contributed by atoms with E-state index in [1.807, 2.05) is 13.8 Å². The molecule has 3 rings (SSSR count). The minimum absolute atomic E-state index is 0.173. The maximum absolute atomic E-state index is 12.8. The first kappa shape index (κ1) is 24.1. The normalized spacial score (nSPS) is 19.2. The lowest BCUT2D eigenvalue weighted by molar-refractivity contribution is -0.00522. The van der Waals surface area contributed by atoms with Gasteiger partial charge in [0, 0.05) is 35.7 Å². The van der Waals surface area contributed by atoms with Crippen LogP contribution in [0.3, 0.4) is 0 Å². The Labute approximate surface area is 191 Å². The molecule has 1 heterocycles. The van der Waals surface area contributed by atoms with E-state index < -0.39 is 15.3 Å². The molecule has 0 saturated carbocycles. The van der Waals surface area contributed by atoms with Gasteiger partial charge in [0.05, 0.1) is 17.5 Å². The number of carbonyl (C=O) groups excluding carboxylic acids is 1. The van der Waals surface area contributed by atoms with Crippen molar-refractivity contribution in [2.24, 2.45) is 0 Å². The van der Waals surface area contributed by atoms with E-state index in [0.29, 0.717) is 11.3 Å². The van der Waals surface area contributed by atoms with Gasteiger partial charge in [0.25, 0.3) is 5.91 Å². The van der Waals surface area contributed by atoms with Crippen LogP contribution in [0.4, 0.5) is 17.1 Å². The maximum atomic E-state index is 12.8. The molecule has 2 aromatic rings. The molecule has 2 atom stereocenters. The Morgan fingerprint density at radius 3 is 2.06 bits per heavy atom. The number of amides is 1. The third-order valence-electron chi connectivity index (χ3n) is 5.57. The molecule has 1 aliphatic rings. The number of anilines is 3. The lowest BCUT2D eigenvalue weighted by Crippen LogP contribution is -2.45. The Hall–Kier alpha value is -2.58. The average molecular weight is 460 g/mol. The molecule has 2 aromatic carbocycles. The summed E-state index contributed by atoms with van der Waals surface area (Å²) in [4.78, 5) is 15.1. The van der Waals surface area contributed by atoms with Crippen molar-refractivity contribution in [3.63, 3.8) is 0 Å². The van der Waals surface area contributed by atoms with E-state index in [-0.39, 0.29) is 18.1 Å². The number of aryl methyl sites for hydroxylation is 2. The lowest BCUT2D eigenvalue weighted by Gasteiger charge is -2.37. The molecule has 2 unspecified atom stereocenters. The van der Waals surface area contributed by atoms with Crippen LogP contribution in [0.5, 0.6) is 0 Å². The molecule has 0 spiro atoms. The number of nitrogens with zero attached hydrogens (tertiary/aromatic N) is 1. The molecular formula is C24H33N3O4S. The van der Waals surface area contributed by atoms with Crippen LogP contribution in [0.15, 0.2) is 36.4 Å². The molecule has 174 valence electrons. The molecule has 1 fully saturated rings. The van der Waals surface area contributed by atoms with Gasteiger partial charge in [0.2, 0.25) is 10.0 Å². The van der Waals surface area contributed by atoms with Crippen LogP contribution >= 0.6 is 0 Å². The number of morpholine rings is 1. The second-order valence-corrected chi connectivity index (χ2v) is 11.1. The van der Waals surface area contributed by atoms with E-state index in [1.54, 1.807) is 38.1 Å². The van der Waals surface area contributed by atoms with E-state index in [4.69, 9.17) is 4.74 Å². The topological polar surface area (TPSA) is 87.7 Å². The molecule has 0 radical (unpaired) electrons. The monoisotopic (exact) mass is 459 g/mol. The van der Waals surface area contributed by atoms with Gasteiger partial charge in [-0.05, 0) is 89.1 Å². The third kappa shape index (κ3) is 5.61. The number of sulfonamides is 1. The van der Waals surface area contributed by atoms with Crippen LogP contribution in [-0.4, -0.2) is 44.9 Å². The Kier molecular flexibility index (Phi) is 7.15. The Morgan fingerprint density at radius 1 is 1.03 bits per heavy atom. The number of nitrogens with one attached hydrogen (secondary N) is 2. The summed E-state index contributed by atoms with van der Waals surface area (Å²) < 4.78 is 32.4. The van der Waals surface area contributed by atoms with Crippen LogP contribution in [0, 0.1) is 13.8 Å². The van der Waals surface area contributed by atoms with E-state index >= 15 is 0 Å². The zero-order valence-electron chi connectivity index (χ0n) is 19.6. The molecule has 8 heteroatoms. The molecule has 1 saturated heterocycles. The maximum Gasteiger partial charge on any atom is 0.255 e. The summed E-state index contributed by atoms with van der Waals surface area (Å²) in [5.41, 5.74) is 4.78. The van der Waals surface area contributed by atoms with Crippen molar-refractivity contribution in [2.45, 2.75) is 59.0 Å². The summed E-state index contributed by atoms with van der Waals surface area (Å²) in [5, 5.41) is 2.47. The van der Waals surface area contributed by atoms with E-state index in [2.05, 4.69) is 40.9 Å². The van der Waals surface area contributed by atoms with Gasteiger partial charge in [-0.1, -0.05) is 0 Å². The Morgan fingerprint density at radius 2 is 1.56 bits per heavy atom. The molecule has 0 aliphatic carbocycles. The summed E-state index contributed by atoms with van der Waals surface area (Å²) >= 11 is 0. The highest BCUT2D eigenvalue weighted by molar-refractivity contribution is 7.93. The van der Waals surface area contributed by atoms with Crippen LogP contribution in [0.25, 0.3) is 0 Å². The molecule has 7 nitrogen and oxygen atoms in total. The minimum atomic E-state index is -3.43. The van der Waals surface area contributed by atoms with E-state index in [9.17, 15) is 13.2 Å². The van der Waals surface area contributed by atoms with Gasteiger partial charge >= 0.3 is 0 Å². The average Bonchev–Trinajstić information content (AvgIpc) is 2.69. The zero-order valence-corrected chi connectivity index (χ0v) is 20.4. The van der Waals surface area contributed by atoms with Gasteiger partial charge in [-0.15, -0.1) is 0 Å². The highest BCUT2D eigenvalue weighted by atomic mass is 32.2. The SMILES string of the molecule is Cc1cc(N2CC(C)OC(C)C2)cc(C)c1NC(=O)c1ccc(NS(=O)(=O)C(C)C)cc1. The Balaban J connectivity index is 1.73. The van der Waals surface area contributed by atoms with Gasteiger partial charge in [0.1, 0.15) is 0 Å². The van der Waals surface area contributed by atoms with Crippen molar-refractivity contribution in [1.82, 2.24) is 0 Å². The minimum Gasteiger partial charge on any atom is -0.372 e. The first-order valence-corrected chi connectivity index (χ1v) is 12.5. The summed E-state index contributed by atoms with van der Waals surface area (Å²) in [6.45, 7) is 13.0. The number of ether oxygens (including phenoxy) is 1. The second kappa shape index (κ2) is 9.50. The summed E-state index contributed by atoms with van der Waals surface area (Å²) in [6.07, 6.45) is 0.346. The molecular weight excluding hydrogens is 426 g/mol. The predicted molar refractivity (Wildman–Crippen MR) is 130 cm³/mol. The number of carbonyl (C=O) groups is 1. The number of benzene rings is 2. The smallest absolute Gasteiger partial charge is 0.255 e. The van der Waals surface area contributed by atoms with Crippen LogP contribution in [0.1, 0.15) is 49.2 Å². The fourth-order valence-corrected chi connectivity index (χ4v) is 4.57. The molecule has 0 aromatic heterocycles. The first-order valence-electron chi connectivity index (χ1n) is 10.9. The molecule has 0 bridgehead atoms. The highest BCUT2D eigenvalue weighted by Gasteiger charge is 2.23. The number of hydrogen-bond acceptors (Lipinski definition) is 5. The molecule has 1 aliphatic heterocycles. The molecule has 2 N–H and O–H groups in total. The zero-order chi connectivity index (χ0) is 23.6. The number of hydrogen-bond donors (Lipinski definition) is 2. The standard InChI is InChI=1S/C24H33N3O4S/c1-15(2)32(29,30)26-21-9-7-20(8-10-21)24(28)25-23-16(3)11-22(12-17(23)4)27-13-18(5)31-19(6)14-27/h7-12,15,18-19,26H,13-14H2,1-6H3,(H,25,28). The summed E-state index contributed by atoms with van der Waals surface area (Å²) in [6, 6.07) is 10.6. The van der Waals surface area contributed by atoms with E-state index in [0.717, 1.165) is 35.6 Å². The van der Waals surface area contributed by atoms with Gasteiger partial charge < -0.3 is 15.0 Å². The van der Waals surface area contributed by atoms with Crippen molar-refractivity contribution in [3.05, 3.63) is 53.1 Å². The van der Waals surface area contributed by atoms with Crippen molar-refractivity contribution < 1.29 is 17.9 Å². The molecule has 32 heavy (non-hydrogen) atoms. The van der Waals surface area contributed by atoms with Gasteiger partial charge in [-0.3, -0.25) is 9.52 Å². The number of rotatable bonds is 6. The summed E-state index contributed by atoms with van der Waals surface area (Å²) in [5.74, 6) is -0.240. The van der Waals surface area contributed by atoms with Gasteiger partial charge in [-0.2, -0.15) is 0 Å². The van der Waals surface area contributed by atoms with E-state index in [1.165, 1.54) is 0 Å².